The van der Waals surface area contributed by atoms with Gasteiger partial charge in [0, 0.05) is 40.6 Å². The van der Waals surface area contributed by atoms with E-state index in [1.807, 2.05) is 12.1 Å². The highest BCUT2D eigenvalue weighted by Crippen LogP contribution is 2.61. The van der Waals surface area contributed by atoms with Crippen molar-refractivity contribution in [3.8, 4) is 28.4 Å². The van der Waals surface area contributed by atoms with Crippen molar-refractivity contribution >= 4 is 22.5 Å². The molecule has 2 aliphatic heterocycles. The molecular weight excluding hydrogens is 582 g/mol. The number of morpholine rings is 1. The summed E-state index contributed by atoms with van der Waals surface area (Å²) < 4.78 is 25.0. The van der Waals surface area contributed by atoms with E-state index in [1.54, 1.807) is 14.2 Å². The average molecular weight is 624 g/mol. The molecule has 5 nitrogen and oxygen atoms in total. The van der Waals surface area contributed by atoms with Crippen LogP contribution in [-0.4, -0.2) is 40.5 Å². The minimum absolute atomic E-state index is 0.135. The van der Waals surface area contributed by atoms with Crippen molar-refractivity contribution in [2.75, 3.05) is 45.4 Å². The van der Waals surface area contributed by atoms with E-state index < -0.39 is 5.60 Å². The Hall–Kier alpha value is -4.74. The van der Waals surface area contributed by atoms with Crippen molar-refractivity contribution in [3.05, 3.63) is 125 Å². The first kappa shape index (κ1) is 29.6. The molecule has 0 radical (unpaired) electrons. The Morgan fingerprint density at radius 3 is 2.17 bits per heavy atom. The molecule has 0 bridgehead atoms. The van der Waals surface area contributed by atoms with E-state index in [2.05, 4.69) is 110 Å². The lowest BCUT2D eigenvalue weighted by molar-refractivity contribution is 0.122. The van der Waals surface area contributed by atoms with Gasteiger partial charge in [-0.2, -0.15) is 0 Å². The van der Waals surface area contributed by atoms with Crippen LogP contribution in [0.2, 0.25) is 0 Å². The fourth-order valence-electron chi connectivity index (χ4n) is 8.39. The number of anilines is 1. The Morgan fingerprint density at radius 1 is 0.766 bits per heavy atom. The Bertz CT molecular complexity index is 1990. The zero-order chi connectivity index (χ0) is 32.2. The predicted molar refractivity (Wildman–Crippen MR) is 190 cm³/mol. The molecule has 1 fully saturated rings. The first-order valence-corrected chi connectivity index (χ1v) is 16.8. The normalized spacial score (nSPS) is 19.1. The number of methoxy groups -OCH3 is 2. The number of nitrogens with zero attached hydrogens (tertiary/aromatic N) is 1. The lowest BCUT2D eigenvalue weighted by Gasteiger charge is -2.39. The van der Waals surface area contributed by atoms with Crippen LogP contribution in [0.4, 0.5) is 5.69 Å². The number of fused-ring (bicyclic) bond motifs is 8. The largest absolute Gasteiger partial charge is 0.497 e. The third-order valence-electron chi connectivity index (χ3n) is 10.8. The summed E-state index contributed by atoms with van der Waals surface area (Å²) in [5.74, 6) is 2.55. The summed E-state index contributed by atoms with van der Waals surface area (Å²) in [4.78, 5) is 2.40. The lowest BCUT2D eigenvalue weighted by Crippen LogP contribution is -2.36. The van der Waals surface area contributed by atoms with Crippen LogP contribution in [0, 0.1) is 0 Å². The maximum Gasteiger partial charge on any atom is 0.178 e. The van der Waals surface area contributed by atoms with E-state index in [4.69, 9.17) is 18.9 Å². The van der Waals surface area contributed by atoms with Crippen LogP contribution < -0.4 is 19.1 Å². The molecule has 5 aromatic rings. The molecule has 1 unspecified atom stereocenters. The molecule has 5 heteroatoms. The van der Waals surface area contributed by atoms with Gasteiger partial charge < -0.3 is 23.8 Å². The highest BCUT2D eigenvalue weighted by Gasteiger charge is 2.47. The zero-order valence-corrected chi connectivity index (χ0v) is 27.6. The van der Waals surface area contributed by atoms with Crippen LogP contribution in [0.1, 0.15) is 54.5 Å². The summed E-state index contributed by atoms with van der Waals surface area (Å²) in [6.07, 6.45) is 6.59. The van der Waals surface area contributed by atoms with Gasteiger partial charge in [0.25, 0.3) is 0 Å². The number of benzene rings is 5. The van der Waals surface area contributed by atoms with Crippen LogP contribution in [0.15, 0.2) is 97.1 Å². The van der Waals surface area contributed by atoms with Crippen molar-refractivity contribution in [2.24, 2.45) is 0 Å². The average Bonchev–Trinajstić information content (AvgIpc) is 3.45. The van der Waals surface area contributed by atoms with Gasteiger partial charge in [-0.15, -0.1) is 0 Å². The molecule has 47 heavy (non-hydrogen) atoms. The van der Waals surface area contributed by atoms with Crippen molar-refractivity contribution in [1.82, 2.24) is 0 Å². The van der Waals surface area contributed by atoms with Crippen LogP contribution in [-0.2, 0) is 15.8 Å². The molecule has 0 aromatic heterocycles. The minimum atomic E-state index is -0.843. The van der Waals surface area contributed by atoms with E-state index in [1.165, 1.54) is 27.6 Å². The van der Waals surface area contributed by atoms with E-state index in [0.717, 1.165) is 70.9 Å². The van der Waals surface area contributed by atoms with E-state index in [-0.39, 0.29) is 5.41 Å². The minimum Gasteiger partial charge on any atom is -0.497 e. The molecule has 0 spiro atoms. The standard InChI is InChI=1S/C42H41NO4/c1-5-41(6-2)35-15-11-10-14-31(35)38-33-26-36(43-22-24-46-25-23-43)37(45-4)27-34(33)40-32(39(38)41)20-21-42(47-40,28-12-8-7-9-13-28)29-16-18-30(44-3)19-17-29/h7-21,26-27H,5-6,22-25H2,1-4H3. The molecule has 0 amide bonds. The van der Waals surface area contributed by atoms with E-state index >= 15 is 0 Å². The summed E-state index contributed by atoms with van der Waals surface area (Å²) in [7, 11) is 3.47. The summed E-state index contributed by atoms with van der Waals surface area (Å²) in [5, 5.41) is 2.26. The van der Waals surface area contributed by atoms with Gasteiger partial charge in [0.05, 0.1) is 33.1 Å². The molecule has 5 aromatic carbocycles. The second-order valence-corrected chi connectivity index (χ2v) is 12.8. The molecule has 0 saturated carbocycles. The van der Waals surface area contributed by atoms with Gasteiger partial charge in [0.1, 0.15) is 17.2 Å². The van der Waals surface area contributed by atoms with Gasteiger partial charge >= 0.3 is 0 Å². The second-order valence-electron chi connectivity index (χ2n) is 12.8. The molecule has 1 atom stereocenters. The maximum absolute atomic E-state index is 7.55. The lowest BCUT2D eigenvalue weighted by atomic mass is 9.71. The number of hydrogen-bond acceptors (Lipinski definition) is 5. The molecule has 1 saturated heterocycles. The Labute approximate surface area is 277 Å². The summed E-state index contributed by atoms with van der Waals surface area (Å²) in [5.41, 5.74) is 8.81. The van der Waals surface area contributed by atoms with Crippen molar-refractivity contribution < 1.29 is 18.9 Å². The van der Waals surface area contributed by atoms with Crippen molar-refractivity contribution in [3.63, 3.8) is 0 Å². The first-order valence-electron chi connectivity index (χ1n) is 16.8. The molecule has 0 N–H and O–H groups in total. The maximum atomic E-state index is 7.55. The smallest absolute Gasteiger partial charge is 0.178 e. The van der Waals surface area contributed by atoms with Crippen molar-refractivity contribution in [2.45, 2.75) is 37.7 Å². The van der Waals surface area contributed by atoms with Gasteiger partial charge in [0.15, 0.2) is 5.60 Å². The number of ether oxygens (including phenoxy) is 4. The fourth-order valence-corrected chi connectivity index (χ4v) is 8.39. The van der Waals surface area contributed by atoms with Gasteiger partial charge in [-0.05, 0) is 70.8 Å². The summed E-state index contributed by atoms with van der Waals surface area (Å²) in [6.45, 7) is 7.73. The third-order valence-corrected chi connectivity index (χ3v) is 10.8. The van der Waals surface area contributed by atoms with Crippen LogP contribution in [0.25, 0.3) is 28.0 Å². The van der Waals surface area contributed by atoms with E-state index in [0.29, 0.717) is 13.2 Å². The van der Waals surface area contributed by atoms with Crippen molar-refractivity contribution in [1.29, 1.82) is 0 Å². The number of hydrogen-bond donors (Lipinski definition) is 0. The summed E-state index contributed by atoms with van der Waals surface area (Å²) in [6, 6.07) is 32.4. The van der Waals surface area contributed by atoms with Crippen LogP contribution >= 0.6 is 0 Å². The highest BCUT2D eigenvalue weighted by molar-refractivity contribution is 6.10. The Morgan fingerprint density at radius 2 is 1.47 bits per heavy atom. The number of rotatable bonds is 7. The van der Waals surface area contributed by atoms with Gasteiger partial charge in [-0.25, -0.2) is 0 Å². The topological polar surface area (TPSA) is 40.2 Å². The van der Waals surface area contributed by atoms with Gasteiger partial charge in [-0.3, -0.25) is 0 Å². The van der Waals surface area contributed by atoms with E-state index in [9.17, 15) is 0 Å². The molecule has 8 rings (SSSR count). The summed E-state index contributed by atoms with van der Waals surface area (Å²) >= 11 is 0. The third kappa shape index (κ3) is 4.33. The molecule has 3 aliphatic rings. The molecule has 238 valence electrons. The quantitative estimate of drug-likeness (QED) is 0.181. The zero-order valence-electron chi connectivity index (χ0n) is 27.6. The molecular formula is C42H41NO4. The van der Waals surface area contributed by atoms with Crippen LogP contribution in [0.5, 0.6) is 17.2 Å². The second kappa shape index (κ2) is 11.5. The highest BCUT2D eigenvalue weighted by atomic mass is 16.5. The fraction of sp³-hybridized carbons (Fsp3) is 0.286. The SMILES string of the molecule is CCC1(CC)c2ccccc2-c2c1c1c(c3cc(OC)c(N4CCOCC4)cc23)OC(c2ccccc2)(c2ccc(OC)cc2)C=C1. The molecule has 2 heterocycles. The first-order chi connectivity index (χ1) is 23.1. The Balaban J connectivity index is 1.47. The van der Waals surface area contributed by atoms with Crippen LogP contribution in [0.3, 0.4) is 0 Å². The predicted octanol–water partition coefficient (Wildman–Crippen LogP) is 9.13. The van der Waals surface area contributed by atoms with Gasteiger partial charge in [-0.1, -0.05) is 86.7 Å². The molecule has 1 aliphatic carbocycles. The Kier molecular flexibility index (Phi) is 7.25. The van der Waals surface area contributed by atoms with Gasteiger partial charge in [0.2, 0.25) is 0 Å². The monoisotopic (exact) mass is 623 g/mol.